The Kier molecular flexibility index (Phi) is 3.13. The van der Waals surface area contributed by atoms with E-state index in [9.17, 15) is 0 Å². The molecule has 0 aromatic carbocycles. The zero-order valence-corrected chi connectivity index (χ0v) is 10.9. The summed E-state index contributed by atoms with van der Waals surface area (Å²) in [4.78, 5) is 4.75. The van der Waals surface area contributed by atoms with E-state index < -0.39 is 0 Å². The summed E-state index contributed by atoms with van der Waals surface area (Å²) in [5, 5.41) is 0.00630. The third kappa shape index (κ3) is 2.09. The molecule has 4 atom stereocenters. The van der Waals surface area contributed by atoms with E-state index in [1.54, 1.807) is 0 Å². The Hall–Kier alpha value is 0.335. The van der Waals surface area contributed by atoms with Crippen LogP contribution in [0.2, 0.25) is 5.31 Å². The van der Waals surface area contributed by atoms with Gasteiger partial charge in [-0.2, -0.15) is 0 Å². The van der Waals surface area contributed by atoms with Gasteiger partial charge in [0.25, 0.3) is 0 Å². The zero-order valence-electron chi connectivity index (χ0n) is 9.98. The van der Waals surface area contributed by atoms with Gasteiger partial charge in [-0.1, -0.05) is 25.1 Å². The summed E-state index contributed by atoms with van der Waals surface area (Å²) < 4.78 is 0. The molecule has 84 valence electrons. The number of hydrogen-bond donors (Lipinski definition) is 1. The number of hydrogen-bond acceptors (Lipinski definition) is 3. The predicted octanol–water partition coefficient (Wildman–Crippen LogP) is 1.74. The van der Waals surface area contributed by atoms with Crippen LogP contribution in [0.1, 0.15) is 32.6 Å². The van der Waals surface area contributed by atoms with Crippen molar-refractivity contribution in [3.8, 4) is 0 Å². The van der Waals surface area contributed by atoms with Gasteiger partial charge in [0.1, 0.15) is 5.50 Å². The van der Waals surface area contributed by atoms with Crippen LogP contribution >= 0.6 is 12.6 Å². The highest BCUT2D eigenvalue weighted by atomic mass is 32.1. The van der Waals surface area contributed by atoms with Crippen molar-refractivity contribution >= 4 is 20.5 Å². The first kappa shape index (κ1) is 11.8. The van der Waals surface area contributed by atoms with Crippen LogP contribution in [0.5, 0.6) is 0 Å². The average Bonchev–Trinajstić information content (AvgIpc) is 2.35. The Balaban J connectivity index is 2.19. The Bertz CT molecular complexity index is 247. The normalized spacial score (nSPS) is 48.9. The lowest BCUT2D eigenvalue weighted by molar-refractivity contribution is 0.235. The molecule has 4 heteroatoms. The molecule has 1 aliphatic carbocycles. The standard InChI is InChI=1S/C11H21BN2S/c1-11(12)6-4-5-8-9(7-11)14(3)10(15)13(8)2/h8-10,15H,4-7H2,1-3H3. The van der Waals surface area contributed by atoms with E-state index in [1.165, 1.54) is 12.8 Å². The van der Waals surface area contributed by atoms with E-state index in [4.69, 9.17) is 7.85 Å². The second-order valence-corrected chi connectivity index (χ2v) is 6.02. The number of nitrogens with zero attached hydrogens (tertiary/aromatic N) is 2. The molecule has 0 aromatic heterocycles. The van der Waals surface area contributed by atoms with Crippen LogP contribution in [-0.2, 0) is 0 Å². The summed E-state index contributed by atoms with van der Waals surface area (Å²) in [5.41, 5.74) is 0.258. The number of rotatable bonds is 0. The molecule has 2 aliphatic rings. The van der Waals surface area contributed by atoms with Gasteiger partial charge in [-0.25, -0.2) is 0 Å². The Morgan fingerprint density at radius 1 is 1.27 bits per heavy atom. The van der Waals surface area contributed by atoms with Gasteiger partial charge in [-0.15, -0.1) is 12.6 Å². The SMILES string of the molecule is [B]C1(C)CCCC2C(C1)N(C)C(S)N2C. The van der Waals surface area contributed by atoms with Gasteiger partial charge in [0.15, 0.2) is 0 Å². The van der Waals surface area contributed by atoms with Gasteiger partial charge in [-0.3, -0.25) is 9.80 Å². The molecule has 0 aromatic rings. The maximum Gasteiger partial charge on any atom is 0.108 e. The van der Waals surface area contributed by atoms with Crippen molar-refractivity contribution in [2.75, 3.05) is 14.1 Å². The summed E-state index contributed by atoms with van der Waals surface area (Å²) in [6, 6.07) is 1.22. The van der Waals surface area contributed by atoms with E-state index in [0.29, 0.717) is 12.1 Å². The first-order valence-electron chi connectivity index (χ1n) is 5.83. The molecule has 1 aliphatic heterocycles. The first-order chi connectivity index (χ1) is 6.92. The van der Waals surface area contributed by atoms with Crippen molar-refractivity contribution in [2.45, 2.75) is 55.5 Å². The fraction of sp³-hybridized carbons (Fsp3) is 1.00. The van der Waals surface area contributed by atoms with Crippen LogP contribution in [0.25, 0.3) is 0 Å². The monoisotopic (exact) mass is 224 g/mol. The Labute approximate surface area is 100 Å². The van der Waals surface area contributed by atoms with Gasteiger partial charge < -0.3 is 0 Å². The van der Waals surface area contributed by atoms with Crippen molar-refractivity contribution in [3.05, 3.63) is 0 Å². The fourth-order valence-corrected chi connectivity index (χ4v) is 3.49. The van der Waals surface area contributed by atoms with Crippen LogP contribution in [-0.4, -0.2) is 49.3 Å². The molecule has 2 nitrogen and oxygen atoms in total. The number of likely N-dealkylation sites (N-methyl/N-ethyl adjacent to an activating group) is 2. The lowest BCUT2D eigenvalue weighted by Gasteiger charge is -2.30. The molecule has 2 radical (unpaired) electrons. The minimum absolute atomic E-state index is 0.00630. The van der Waals surface area contributed by atoms with E-state index >= 15 is 0 Å². The highest BCUT2D eigenvalue weighted by Crippen LogP contribution is 2.44. The van der Waals surface area contributed by atoms with Crippen LogP contribution in [0.4, 0.5) is 0 Å². The Morgan fingerprint density at radius 3 is 2.53 bits per heavy atom. The maximum atomic E-state index is 6.32. The van der Waals surface area contributed by atoms with Gasteiger partial charge in [-0.05, 0) is 26.9 Å². The van der Waals surface area contributed by atoms with E-state index in [2.05, 4.69) is 43.4 Å². The average molecular weight is 224 g/mol. The van der Waals surface area contributed by atoms with Crippen molar-refractivity contribution in [1.82, 2.24) is 9.80 Å². The highest BCUT2D eigenvalue weighted by Gasteiger charge is 2.44. The lowest BCUT2D eigenvalue weighted by Crippen LogP contribution is -2.35. The summed E-state index contributed by atoms with van der Waals surface area (Å²) in [6.45, 7) is 2.19. The molecule has 1 saturated heterocycles. The van der Waals surface area contributed by atoms with E-state index in [1.807, 2.05) is 0 Å². The van der Waals surface area contributed by atoms with Gasteiger partial charge in [0, 0.05) is 12.1 Å². The summed E-state index contributed by atoms with van der Waals surface area (Å²) >= 11 is 4.64. The molecule has 2 fully saturated rings. The quantitative estimate of drug-likeness (QED) is 0.494. The zero-order chi connectivity index (χ0) is 11.2. The van der Waals surface area contributed by atoms with Crippen LogP contribution < -0.4 is 0 Å². The highest BCUT2D eigenvalue weighted by molar-refractivity contribution is 7.80. The molecular weight excluding hydrogens is 203 g/mol. The molecule has 15 heavy (non-hydrogen) atoms. The molecule has 0 amide bonds. The van der Waals surface area contributed by atoms with Crippen molar-refractivity contribution in [3.63, 3.8) is 0 Å². The largest absolute Gasteiger partial charge is 0.278 e. The van der Waals surface area contributed by atoms with Gasteiger partial charge in [0.05, 0.1) is 7.85 Å². The molecule has 0 bridgehead atoms. The molecule has 2 rings (SSSR count). The number of fused-ring (bicyclic) bond motifs is 1. The molecular formula is C11H21BN2S. The summed E-state index contributed by atoms with van der Waals surface area (Å²) in [6.07, 6.45) is 4.75. The third-order valence-corrected chi connectivity index (χ3v) is 4.87. The topological polar surface area (TPSA) is 6.48 Å². The number of thiol groups is 1. The minimum atomic E-state index is 0.00630. The molecule has 4 unspecified atom stereocenters. The summed E-state index contributed by atoms with van der Waals surface area (Å²) in [5.74, 6) is 0. The van der Waals surface area contributed by atoms with Crippen molar-refractivity contribution in [1.29, 1.82) is 0 Å². The van der Waals surface area contributed by atoms with Gasteiger partial charge >= 0.3 is 0 Å². The maximum absolute atomic E-state index is 6.32. The van der Waals surface area contributed by atoms with E-state index in [-0.39, 0.29) is 10.8 Å². The van der Waals surface area contributed by atoms with Crippen molar-refractivity contribution < 1.29 is 0 Å². The molecule has 0 N–H and O–H groups in total. The van der Waals surface area contributed by atoms with Crippen LogP contribution in [0.3, 0.4) is 0 Å². The second-order valence-electron chi connectivity index (χ2n) is 5.56. The third-order valence-electron chi connectivity index (χ3n) is 4.14. The van der Waals surface area contributed by atoms with E-state index in [0.717, 1.165) is 12.8 Å². The summed E-state index contributed by atoms with van der Waals surface area (Å²) in [7, 11) is 10.7. The minimum Gasteiger partial charge on any atom is -0.278 e. The second kappa shape index (κ2) is 3.97. The molecule has 1 saturated carbocycles. The molecule has 1 heterocycles. The van der Waals surface area contributed by atoms with Crippen LogP contribution in [0.15, 0.2) is 0 Å². The predicted molar refractivity (Wildman–Crippen MR) is 68.5 cm³/mol. The smallest absolute Gasteiger partial charge is 0.108 e. The van der Waals surface area contributed by atoms with Crippen molar-refractivity contribution in [2.24, 2.45) is 0 Å². The fourth-order valence-electron chi connectivity index (χ4n) is 3.14. The first-order valence-corrected chi connectivity index (χ1v) is 6.35. The molecule has 0 spiro atoms. The van der Waals surface area contributed by atoms with Crippen LogP contribution in [0, 0.1) is 0 Å². The Morgan fingerprint density at radius 2 is 1.87 bits per heavy atom. The van der Waals surface area contributed by atoms with Gasteiger partial charge in [0.2, 0.25) is 0 Å². The lowest BCUT2D eigenvalue weighted by atomic mass is 9.65.